The predicted octanol–water partition coefficient (Wildman–Crippen LogP) is 3.40. The summed E-state index contributed by atoms with van der Waals surface area (Å²) in [6.07, 6.45) is 5.22. The molecule has 5 rings (SSSR count). The Morgan fingerprint density at radius 3 is 2.86 bits per heavy atom. The molecular formula is C23H23N3O3. The Bertz CT molecular complexity index is 1030. The quantitative estimate of drug-likeness (QED) is 0.726. The van der Waals surface area contributed by atoms with Crippen molar-refractivity contribution in [1.82, 2.24) is 15.1 Å². The van der Waals surface area contributed by atoms with Crippen LogP contribution >= 0.6 is 0 Å². The van der Waals surface area contributed by atoms with E-state index in [0.29, 0.717) is 12.2 Å². The minimum Gasteiger partial charge on any atom is -0.454 e. The van der Waals surface area contributed by atoms with Crippen LogP contribution in [0, 0.1) is 0 Å². The SMILES string of the molecule is O=C(Cc1ccc2c(c1)OCO2)N[C@@H]1CCCc2c1cnn2Cc1ccccc1. The Hall–Kier alpha value is -3.28. The molecule has 0 fully saturated rings. The molecule has 0 radical (unpaired) electrons. The normalized spacial score (nSPS) is 17.0. The summed E-state index contributed by atoms with van der Waals surface area (Å²) >= 11 is 0. The second kappa shape index (κ2) is 7.62. The van der Waals surface area contributed by atoms with Gasteiger partial charge >= 0.3 is 0 Å². The maximum absolute atomic E-state index is 12.7. The molecule has 0 spiro atoms. The van der Waals surface area contributed by atoms with Gasteiger partial charge in [-0.15, -0.1) is 0 Å². The largest absolute Gasteiger partial charge is 0.454 e. The topological polar surface area (TPSA) is 65.4 Å². The van der Waals surface area contributed by atoms with Gasteiger partial charge in [0.15, 0.2) is 11.5 Å². The number of hydrogen-bond acceptors (Lipinski definition) is 4. The number of rotatable bonds is 5. The molecule has 6 heteroatoms. The van der Waals surface area contributed by atoms with Crippen LogP contribution in [-0.4, -0.2) is 22.5 Å². The third kappa shape index (κ3) is 3.70. The third-order valence-electron chi connectivity index (χ3n) is 5.57. The van der Waals surface area contributed by atoms with Crippen LogP contribution in [-0.2, 0) is 24.2 Å². The van der Waals surface area contributed by atoms with E-state index in [0.717, 1.165) is 42.7 Å². The molecule has 29 heavy (non-hydrogen) atoms. The van der Waals surface area contributed by atoms with Crippen molar-refractivity contribution >= 4 is 5.91 Å². The number of hydrogen-bond donors (Lipinski definition) is 1. The van der Waals surface area contributed by atoms with E-state index in [1.54, 1.807) is 0 Å². The lowest BCUT2D eigenvalue weighted by Gasteiger charge is -2.24. The van der Waals surface area contributed by atoms with Crippen LogP contribution in [0.3, 0.4) is 0 Å². The van der Waals surface area contributed by atoms with E-state index in [1.807, 2.05) is 42.6 Å². The van der Waals surface area contributed by atoms with Gasteiger partial charge in [0, 0.05) is 11.3 Å². The number of benzene rings is 2. The maximum atomic E-state index is 12.7. The molecule has 2 aliphatic rings. The first kappa shape index (κ1) is 17.8. The van der Waals surface area contributed by atoms with Crippen LogP contribution < -0.4 is 14.8 Å². The number of ether oxygens (including phenoxy) is 2. The Balaban J connectivity index is 1.27. The first-order chi connectivity index (χ1) is 14.3. The van der Waals surface area contributed by atoms with E-state index in [4.69, 9.17) is 9.47 Å². The van der Waals surface area contributed by atoms with Crippen LogP contribution in [0.15, 0.2) is 54.7 Å². The van der Waals surface area contributed by atoms with Gasteiger partial charge in [0.05, 0.1) is 25.2 Å². The molecule has 1 N–H and O–H groups in total. The molecule has 0 unspecified atom stereocenters. The zero-order valence-corrected chi connectivity index (χ0v) is 16.1. The Morgan fingerprint density at radius 2 is 1.97 bits per heavy atom. The number of carbonyl (C=O) groups is 1. The second-order valence-corrected chi connectivity index (χ2v) is 7.57. The minimum absolute atomic E-state index is 0.0116. The Kier molecular flexibility index (Phi) is 4.68. The number of carbonyl (C=O) groups excluding carboxylic acids is 1. The first-order valence-corrected chi connectivity index (χ1v) is 10.0. The molecule has 3 aromatic rings. The lowest BCUT2D eigenvalue weighted by atomic mass is 9.92. The molecule has 1 aliphatic carbocycles. The van der Waals surface area contributed by atoms with E-state index in [-0.39, 0.29) is 18.7 Å². The van der Waals surface area contributed by atoms with Crippen molar-refractivity contribution in [3.8, 4) is 11.5 Å². The molecular weight excluding hydrogens is 366 g/mol. The van der Waals surface area contributed by atoms with Gasteiger partial charge in [-0.2, -0.15) is 5.10 Å². The molecule has 1 aromatic heterocycles. The number of nitrogens with one attached hydrogen (secondary N) is 1. The highest BCUT2D eigenvalue weighted by molar-refractivity contribution is 5.79. The summed E-state index contributed by atoms with van der Waals surface area (Å²) in [4.78, 5) is 12.7. The molecule has 6 nitrogen and oxygen atoms in total. The second-order valence-electron chi connectivity index (χ2n) is 7.57. The summed E-state index contributed by atoms with van der Waals surface area (Å²) in [5.74, 6) is 1.45. The molecule has 1 amide bonds. The maximum Gasteiger partial charge on any atom is 0.231 e. The smallest absolute Gasteiger partial charge is 0.231 e. The van der Waals surface area contributed by atoms with Gasteiger partial charge in [-0.3, -0.25) is 9.48 Å². The highest BCUT2D eigenvalue weighted by atomic mass is 16.7. The van der Waals surface area contributed by atoms with Gasteiger partial charge in [-0.1, -0.05) is 36.4 Å². The lowest BCUT2D eigenvalue weighted by Crippen LogP contribution is -2.32. The third-order valence-corrected chi connectivity index (χ3v) is 5.57. The van der Waals surface area contributed by atoms with Crippen molar-refractivity contribution < 1.29 is 14.3 Å². The monoisotopic (exact) mass is 389 g/mol. The van der Waals surface area contributed by atoms with E-state index in [2.05, 4.69) is 27.2 Å². The summed E-state index contributed by atoms with van der Waals surface area (Å²) < 4.78 is 12.8. The molecule has 0 bridgehead atoms. The van der Waals surface area contributed by atoms with Crippen LogP contribution in [0.2, 0.25) is 0 Å². The standard InChI is InChI=1S/C23H23N3O3/c27-23(12-17-9-10-21-22(11-17)29-15-28-21)25-19-7-4-8-20-18(19)13-24-26(20)14-16-5-2-1-3-6-16/h1-3,5-6,9-11,13,19H,4,7-8,12,14-15H2,(H,25,27)/t19-/m1/s1. The highest BCUT2D eigenvalue weighted by Gasteiger charge is 2.26. The molecule has 0 saturated carbocycles. The minimum atomic E-state index is 0.0116. The fourth-order valence-corrected chi connectivity index (χ4v) is 4.14. The van der Waals surface area contributed by atoms with Crippen LogP contribution in [0.4, 0.5) is 0 Å². The van der Waals surface area contributed by atoms with Gasteiger partial charge in [0.25, 0.3) is 0 Å². The van der Waals surface area contributed by atoms with Gasteiger partial charge < -0.3 is 14.8 Å². The van der Waals surface area contributed by atoms with E-state index < -0.39 is 0 Å². The summed E-state index contributed by atoms with van der Waals surface area (Å²) in [5, 5.41) is 7.81. The van der Waals surface area contributed by atoms with Gasteiger partial charge in [0.2, 0.25) is 12.7 Å². The fourth-order valence-electron chi connectivity index (χ4n) is 4.14. The molecule has 0 saturated heterocycles. The van der Waals surface area contributed by atoms with Crippen molar-refractivity contribution in [1.29, 1.82) is 0 Å². The fraction of sp³-hybridized carbons (Fsp3) is 0.304. The van der Waals surface area contributed by atoms with Crippen molar-refractivity contribution in [2.45, 2.75) is 38.3 Å². The number of amides is 1. The summed E-state index contributed by atoms with van der Waals surface area (Å²) in [7, 11) is 0. The average molecular weight is 389 g/mol. The Labute approximate surface area is 169 Å². The van der Waals surface area contributed by atoms with Crippen molar-refractivity contribution in [2.75, 3.05) is 6.79 Å². The van der Waals surface area contributed by atoms with Crippen LogP contribution in [0.5, 0.6) is 11.5 Å². The average Bonchev–Trinajstić information content (AvgIpc) is 3.36. The molecule has 2 aromatic carbocycles. The number of fused-ring (bicyclic) bond motifs is 2. The molecule has 148 valence electrons. The number of aromatic nitrogens is 2. The van der Waals surface area contributed by atoms with Crippen molar-refractivity contribution in [3.05, 3.63) is 77.1 Å². The lowest BCUT2D eigenvalue weighted by molar-refractivity contribution is -0.121. The first-order valence-electron chi connectivity index (χ1n) is 10.0. The zero-order valence-electron chi connectivity index (χ0n) is 16.1. The van der Waals surface area contributed by atoms with E-state index in [9.17, 15) is 4.79 Å². The van der Waals surface area contributed by atoms with Crippen LogP contribution in [0.1, 0.15) is 41.3 Å². The highest BCUT2D eigenvalue weighted by Crippen LogP contribution is 2.33. The van der Waals surface area contributed by atoms with Gasteiger partial charge in [-0.05, 0) is 42.5 Å². The van der Waals surface area contributed by atoms with Gasteiger partial charge in [0.1, 0.15) is 0 Å². The zero-order chi connectivity index (χ0) is 19.6. The van der Waals surface area contributed by atoms with Crippen LogP contribution in [0.25, 0.3) is 0 Å². The van der Waals surface area contributed by atoms with Crippen molar-refractivity contribution in [2.24, 2.45) is 0 Å². The molecule has 1 atom stereocenters. The summed E-state index contributed by atoms with van der Waals surface area (Å²) in [5.41, 5.74) is 4.52. The van der Waals surface area contributed by atoms with E-state index in [1.165, 1.54) is 11.3 Å². The predicted molar refractivity (Wildman–Crippen MR) is 108 cm³/mol. The Morgan fingerprint density at radius 1 is 1.10 bits per heavy atom. The van der Waals surface area contributed by atoms with Crippen molar-refractivity contribution in [3.63, 3.8) is 0 Å². The van der Waals surface area contributed by atoms with Gasteiger partial charge in [-0.25, -0.2) is 0 Å². The molecule has 2 heterocycles. The molecule has 1 aliphatic heterocycles. The summed E-state index contributed by atoms with van der Waals surface area (Å²) in [6.45, 7) is 0.997. The number of nitrogens with zero attached hydrogens (tertiary/aromatic N) is 2. The summed E-state index contributed by atoms with van der Waals surface area (Å²) in [6, 6.07) is 16.0. The van der Waals surface area contributed by atoms with E-state index >= 15 is 0 Å².